The second kappa shape index (κ2) is 7.50. The van der Waals surface area contributed by atoms with E-state index in [0.29, 0.717) is 10.9 Å². The zero-order valence-corrected chi connectivity index (χ0v) is 17.7. The van der Waals surface area contributed by atoms with E-state index in [2.05, 4.69) is 54.6 Å². The Morgan fingerprint density at radius 1 is 1.04 bits per heavy atom. The molecular weight excluding hydrogens is 375 g/mol. The van der Waals surface area contributed by atoms with Gasteiger partial charge in [-0.2, -0.15) is 0 Å². The van der Waals surface area contributed by atoms with Gasteiger partial charge in [0.2, 0.25) is 0 Å². The van der Waals surface area contributed by atoms with Crippen LogP contribution < -0.4 is 0 Å². The molecule has 0 amide bonds. The third-order valence-corrected chi connectivity index (χ3v) is 6.43. The summed E-state index contributed by atoms with van der Waals surface area (Å²) in [4.78, 5) is 2.44. The molecule has 142 valence electrons. The lowest BCUT2D eigenvalue weighted by Gasteiger charge is -2.19. The number of likely N-dealkylation sites (N-methyl/N-ethyl adjacent to an activating group) is 1. The summed E-state index contributed by atoms with van der Waals surface area (Å²) in [5.41, 5.74) is 6.87. The van der Waals surface area contributed by atoms with E-state index < -0.39 is 0 Å². The standard InChI is InChI=1S/C23H26Cl2N2/c1-15-4-7-22-20(12-15)19-8-10-26(3)11-9-23(19)27(22)14-16(2)18-6-5-17(24)13-21(18)25/h4-7,12-13,16H,8-11,14H2,1-3H3. The van der Waals surface area contributed by atoms with E-state index in [-0.39, 0.29) is 0 Å². The molecule has 0 N–H and O–H groups in total. The summed E-state index contributed by atoms with van der Waals surface area (Å²) in [6.45, 7) is 7.60. The fraction of sp³-hybridized carbons (Fsp3) is 0.391. The van der Waals surface area contributed by atoms with Gasteiger partial charge in [0.05, 0.1) is 0 Å². The highest BCUT2D eigenvalue weighted by Crippen LogP contribution is 2.34. The minimum Gasteiger partial charge on any atom is -0.344 e. The van der Waals surface area contributed by atoms with Crippen LogP contribution in [-0.2, 0) is 19.4 Å². The number of fused-ring (bicyclic) bond motifs is 3. The molecule has 1 atom stereocenters. The number of hydrogen-bond acceptors (Lipinski definition) is 1. The van der Waals surface area contributed by atoms with Crippen molar-refractivity contribution in [3.63, 3.8) is 0 Å². The lowest BCUT2D eigenvalue weighted by molar-refractivity contribution is 0.350. The zero-order chi connectivity index (χ0) is 19.1. The average Bonchev–Trinajstić information content (AvgIpc) is 2.75. The van der Waals surface area contributed by atoms with Crippen molar-refractivity contribution in [3.8, 4) is 0 Å². The highest BCUT2D eigenvalue weighted by molar-refractivity contribution is 6.35. The fourth-order valence-corrected chi connectivity index (χ4v) is 4.94. The van der Waals surface area contributed by atoms with Crippen LogP contribution in [0.15, 0.2) is 36.4 Å². The summed E-state index contributed by atoms with van der Waals surface area (Å²) >= 11 is 12.6. The minimum absolute atomic E-state index is 0.316. The van der Waals surface area contributed by atoms with Crippen LogP contribution in [0, 0.1) is 6.92 Å². The largest absolute Gasteiger partial charge is 0.344 e. The molecule has 0 aliphatic carbocycles. The average molecular weight is 401 g/mol. The van der Waals surface area contributed by atoms with Crippen molar-refractivity contribution < 1.29 is 0 Å². The molecule has 4 heteroatoms. The molecule has 2 heterocycles. The summed E-state index contributed by atoms with van der Waals surface area (Å²) < 4.78 is 2.54. The number of hydrogen-bond donors (Lipinski definition) is 0. The van der Waals surface area contributed by atoms with Gasteiger partial charge < -0.3 is 9.47 Å². The summed E-state index contributed by atoms with van der Waals surface area (Å²) in [5, 5.41) is 2.87. The van der Waals surface area contributed by atoms with Crippen molar-refractivity contribution >= 4 is 34.1 Å². The Hall–Kier alpha value is -1.48. The monoisotopic (exact) mass is 400 g/mol. The van der Waals surface area contributed by atoms with Gasteiger partial charge in [-0.3, -0.25) is 0 Å². The molecule has 1 unspecified atom stereocenters. The molecular formula is C23H26Cl2N2. The van der Waals surface area contributed by atoms with Crippen molar-refractivity contribution in [2.75, 3.05) is 20.1 Å². The third-order valence-electron chi connectivity index (χ3n) is 5.87. The summed E-state index contributed by atoms with van der Waals surface area (Å²) in [6, 6.07) is 12.7. The number of nitrogens with zero attached hydrogens (tertiary/aromatic N) is 2. The van der Waals surface area contributed by atoms with E-state index >= 15 is 0 Å². The van der Waals surface area contributed by atoms with E-state index in [9.17, 15) is 0 Å². The Balaban J connectivity index is 1.79. The lowest BCUT2D eigenvalue weighted by Crippen LogP contribution is -2.21. The molecule has 0 bridgehead atoms. The first kappa shape index (κ1) is 18.9. The fourth-order valence-electron chi connectivity index (χ4n) is 4.35. The van der Waals surface area contributed by atoms with Crippen LogP contribution in [-0.4, -0.2) is 29.6 Å². The van der Waals surface area contributed by atoms with Gasteiger partial charge in [0, 0.05) is 58.6 Å². The quantitative estimate of drug-likeness (QED) is 0.516. The third kappa shape index (κ3) is 3.63. The topological polar surface area (TPSA) is 8.17 Å². The van der Waals surface area contributed by atoms with E-state index in [4.69, 9.17) is 23.2 Å². The summed E-state index contributed by atoms with van der Waals surface area (Å²) in [7, 11) is 2.22. The number of rotatable bonds is 3. The van der Waals surface area contributed by atoms with Crippen molar-refractivity contribution in [1.82, 2.24) is 9.47 Å². The lowest BCUT2D eigenvalue weighted by atomic mass is 10.0. The van der Waals surface area contributed by atoms with E-state index in [1.807, 2.05) is 12.1 Å². The van der Waals surface area contributed by atoms with Crippen LogP contribution in [0.1, 0.15) is 35.2 Å². The van der Waals surface area contributed by atoms with Crippen LogP contribution in [0.3, 0.4) is 0 Å². The zero-order valence-electron chi connectivity index (χ0n) is 16.2. The second-order valence-electron chi connectivity index (χ2n) is 7.93. The summed E-state index contributed by atoms with van der Waals surface area (Å²) in [6.07, 6.45) is 2.22. The normalized spacial score (nSPS) is 16.3. The molecule has 0 saturated heterocycles. The van der Waals surface area contributed by atoms with Crippen LogP contribution in [0.4, 0.5) is 0 Å². The van der Waals surface area contributed by atoms with Gasteiger partial charge in [-0.15, -0.1) is 0 Å². The van der Waals surface area contributed by atoms with Crippen LogP contribution >= 0.6 is 23.2 Å². The molecule has 4 rings (SSSR count). The Kier molecular flexibility index (Phi) is 5.24. The van der Waals surface area contributed by atoms with Gasteiger partial charge in [0.15, 0.2) is 0 Å². The highest BCUT2D eigenvalue weighted by atomic mass is 35.5. The Morgan fingerprint density at radius 2 is 1.81 bits per heavy atom. The minimum atomic E-state index is 0.316. The van der Waals surface area contributed by atoms with Crippen molar-refractivity contribution in [2.24, 2.45) is 0 Å². The van der Waals surface area contributed by atoms with Crippen LogP contribution in [0.2, 0.25) is 10.0 Å². The molecule has 0 fully saturated rings. The second-order valence-corrected chi connectivity index (χ2v) is 8.77. The highest BCUT2D eigenvalue weighted by Gasteiger charge is 2.22. The predicted molar refractivity (Wildman–Crippen MR) is 116 cm³/mol. The molecule has 1 aromatic heterocycles. The van der Waals surface area contributed by atoms with Crippen molar-refractivity contribution in [3.05, 3.63) is 68.8 Å². The molecule has 2 aromatic carbocycles. The first-order valence-electron chi connectivity index (χ1n) is 9.68. The van der Waals surface area contributed by atoms with Gasteiger partial charge in [-0.25, -0.2) is 0 Å². The molecule has 0 spiro atoms. The molecule has 1 aliphatic rings. The predicted octanol–water partition coefficient (Wildman–Crippen LogP) is 6.09. The Morgan fingerprint density at radius 3 is 2.59 bits per heavy atom. The van der Waals surface area contributed by atoms with Crippen molar-refractivity contribution in [2.45, 2.75) is 39.2 Å². The number of aryl methyl sites for hydroxylation is 1. The molecule has 0 radical (unpaired) electrons. The van der Waals surface area contributed by atoms with E-state index in [1.165, 1.54) is 27.7 Å². The maximum atomic E-state index is 6.49. The molecule has 3 aromatic rings. The van der Waals surface area contributed by atoms with Gasteiger partial charge in [0.1, 0.15) is 0 Å². The first-order chi connectivity index (χ1) is 12.9. The number of halogens is 2. The van der Waals surface area contributed by atoms with Crippen molar-refractivity contribution in [1.29, 1.82) is 0 Å². The summed E-state index contributed by atoms with van der Waals surface area (Å²) in [5.74, 6) is 0.316. The first-order valence-corrected chi connectivity index (χ1v) is 10.4. The maximum absolute atomic E-state index is 6.49. The number of aromatic nitrogens is 1. The molecule has 1 aliphatic heterocycles. The van der Waals surface area contributed by atoms with Crippen LogP contribution in [0.5, 0.6) is 0 Å². The van der Waals surface area contributed by atoms with Gasteiger partial charge in [0.25, 0.3) is 0 Å². The molecule has 0 saturated carbocycles. The van der Waals surface area contributed by atoms with E-state index in [0.717, 1.165) is 43.1 Å². The Labute approximate surface area is 171 Å². The van der Waals surface area contributed by atoms with Crippen LogP contribution in [0.25, 0.3) is 10.9 Å². The maximum Gasteiger partial charge on any atom is 0.0485 e. The SMILES string of the molecule is Cc1ccc2c(c1)c1c(n2CC(C)c2ccc(Cl)cc2Cl)CCN(C)CC1. The smallest absolute Gasteiger partial charge is 0.0485 e. The van der Waals surface area contributed by atoms with E-state index in [1.54, 1.807) is 0 Å². The van der Waals surface area contributed by atoms with Gasteiger partial charge in [-0.05, 0) is 55.8 Å². The molecule has 27 heavy (non-hydrogen) atoms. The molecule has 2 nitrogen and oxygen atoms in total. The van der Waals surface area contributed by atoms with Gasteiger partial charge in [-0.1, -0.05) is 47.8 Å². The number of benzene rings is 2. The van der Waals surface area contributed by atoms with Gasteiger partial charge >= 0.3 is 0 Å². The Bertz CT molecular complexity index is 990.